The minimum absolute atomic E-state index is 0.157. The quantitative estimate of drug-likeness (QED) is 0.795. The van der Waals surface area contributed by atoms with E-state index in [0.29, 0.717) is 24.3 Å². The zero-order valence-corrected chi connectivity index (χ0v) is 16.3. The Kier molecular flexibility index (Phi) is 5.09. The Bertz CT molecular complexity index is 982. The van der Waals surface area contributed by atoms with Crippen molar-refractivity contribution in [3.8, 4) is 0 Å². The molecule has 0 radical (unpaired) electrons. The summed E-state index contributed by atoms with van der Waals surface area (Å²) in [5.41, 5.74) is 1.97. The zero-order valence-electron chi connectivity index (χ0n) is 14.6. The highest BCUT2D eigenvalue weighted by molar-refractivity contribution is 7.92. The van der Waals surface area contributed by atoms with Crippen molar-refractivity contribution in [3.05, 3.63) is 41.7 Å². The third-order valence-corrected chi connectivity index (χ3v) is 6.89. The predicted octanol–water partition coefficient (Wildman–Crippen LogP) is 1.66. The van der Waals surface area contributed by atoms with E-state index in [1.807, 2.05) is 6.92 Å². The van der Waals surface area contributed by atoms with Gasteiger partial charge < -0.3 is 0 Å². The number of nitrogens with one attached hydrogen (secondary N) is 2. The summed E-state index contributed by atoms with van der Waals surface area (Å²) in [7, 11) is -7.03. The molecule has 142 valence electrons. The van der Waals surface area contributed by atoms with Crippen molar-refractivity contribution < 1.29 is 16.8 Å². The number of aromatic nitrogens is 2. The Morgan fingerprint density at radius 3 is 2.54 bits per heavy atom. The van der Waals surface area contributed by atoms with Crippen LogP contribution in [0.15, 0.2) is 35.4 Å². The molecular weight excluding hydrogens is 376 g/mol. The van der Waals surface area contributed by atoms with Crippen molar-refractivity contribution in [3.63, 3.8) is 0 Å². The highest BCUT2D eigenvalue weighted by Gasteiger charge is 2.32. The SMILES string of the molecule is Cc1ccc(S(=O)(=O)N2CCC[C@H](c3[nH]ncc3NS(C)(=O)=O)C2)cc1. The van der Waals surface area contributed by atoms with Gasteiger partial charge in [0.2, 0.25) is 20.0 Å². The number of anilines is 1. The first-order valence-corrected chi connectivity index (χ1v) is 11.6. The molecule has 10 heteroatoms. The summed E-state index contributed by atoms with van der Waals surface area (Å²) in [5.74, 6) is -0.157. The number of aryl methyl sites for hydroxylation is 1. The van der Waals surface area contributed by atoms with Crippen LogP contribution >= 0.6 is 0 Å². The van der Waals surface area contributed by atoms with Gasteiger partial charge in [-0.25, -0.2) is 16.8 Å². The van der Waals surface area contributed by atoms with Gasteiger partial charge in [0.25, 0.3) is 0 Å². The van der Waals surface area contributed by atoms with Gasteiger partial charge in [-0.2, -0.15) is 9.40 Å². The molecule has 2 aromatic rings. The van der Waals surface area contributed by atoms with E-state index >= 15 is 0 Å². The van der Waals surface area contributed by atoms with Crippen LogP contribution in [0.25, 0.3) is 0 Å². The second-order valence-corrected chi connectivity index (χ2v) is 10.3. The lowest BCUT2D eigenvalue weighted by Gasteiger charge is -2.31. The molecule has 0 amide bonds. The fourth-order valence-corrected chi connectivity index (χ4v) is 5.23. The minimum atomic E-state index is -3.59. The van der Waals surface area contributed by atoms with Crippen LogP contribution < -0.4 is 4.72 Å². The van der Waals surface area contributed by atoms with Gasteiger partial charge in [0.1, 0.15) is 0 Å². The number of piperidine rings is 1. The first kappa shape index (κ1) is 18.9. The number of benzene rings is 1. The second-order valence-electron chi connectivity index (χ2n) is 6.59. The van der Waals surface area contributed by atoms with Gasteiger partial charge >= 0.3 is 0 Å². The van der Waals surface area contributed by atoms with Gasteiger partial charge in [-0.3, -0.25) is 9.82 Å². The molecule has 3 rings (SSSR count). The molecule has 2 heterocycles. The number of aromatic amines is 1. The van der Waals surface area contributed by atoms with Crippen molar-refractivity contribution in [1.29, 1.82) is 0 Å². The zero-order chi connectivity index (χ0) is 18.9. The Hall–Kier alpha value is -1.91. The topological polar surface area (TPSA) is 112 Å². The highest BCUT2D eigenvalue weighted by Crippen LogP contribution is 2.33. The summed E-state index contributed by atoms with van der Waals surface area (Å²) in [4.78, 5) is 0.267. The van der Waals surface area contributed by atoms with E-state index in [1.54, 1.807) is 24.3 Å². The average Bonchev–Trinajstić information content (AvgIpc) is 3.01. The Labute approximate surface area is 153 Å². The normalized spacial score (nSPS) is 19.4. The van der Waals surface area contributed by atoms with Gasteiger partial charge in [-0.1, -0.05) is 17.7 Å². The van der Waals surface area contributed by atoms with E-state index < -0.39 is 20.0 Å². The number of hydrogen-bond donors (Lipinski definition) is 2. The summed E-state index contributed by atoms with van der Waals surface area (Å²) >= 11 is 0. The lowest BCUT2D eigenvalue weighted by Crippen LogP contribution is -2.39. The van der Waals surface area contributed by atoms with Gasteiger partial charge in [-0.05, 0) is 31.9 Å². The summed E-state index contributed by atoms with van der Waals surface area (Å²) < 4.78 is 52.7. The molecule has 8 nitrogen and oxygen atoms in total. The number of rotatable bonds is 5. The predicted molar refractivity (Wildman–Crippen MR) is 99.0 cm³/mol. The van der Waals surface area contributed by atoms with Crippen molar-refractivity contribution in [2.45, 2.75) is 30.6 Å². The molecule has 1 aliphatic heterocycles. The summed E-state index contributed by atoms with van der Waals surface area (Å²) in [6.07, 6.45) is 3.91. The Balaban J connectivity index is 1.84. The van der Waals surface area contributed by atoms with E-state index in [-0.39, 0.29) is 17.4 Å². The Morgan fingerprint density at radius 2 is 1.88 bits per heavy atom. The molecule has 2 N–H and O–H groups in total. The molecule has 1 aromatic carbocycles. The molecule has 0 unspecified atom stereocenters. The first-order chi connectivity index (χ1) is 12.2. The third kappa shape index (κ3) is 4.08. The fraction of sp³-hybridized carbons (Fsp3) is 0.438. The van der Waals surface area contributed by atoms with Gasteiger partial charge in [-0.15, -0.1) is 0 Å². The molecule has 0 aliphatic carbocycles. The lowest BCUT2D eigenvalue weighted by atomic mass is 9.95. The number of sulfonamides is 2. The van der Waals surface area contributed by atoms with Crippen molar-refractivity contribution in [1.82, 2.24) is 14.5 Å². The maximum Gasteiger partial charge on any atom is 0.243 e. The van der Waals surface area contributed by atoms with Crippen molar-refractivity contribution in [2.24, 2.45) is 0 Å². The van der Waals surface area contributed by atoms with E-state index in [1.165, 1.54) is 10.5 Å². The van der Waals surface area contributed by atoms with Crippen LogP contribution in [-0.2, 0) is 20.0 Å². The molecule has 1 aliphatic rings. The standard InChI is InChI=1S/C16H22N4O4S2/c1-12-5-7-14(8-6-12)26(23,24)20-9-3-4-13(11-20)16-15(10-17-18-16)19-25(2,21)22/h5-8,10,13,19H,3-4,9,11H2,1-2H3,(H,17,18)/t13-/m0/s1. The van der Waals surface area contributed by atoms with Crippen LogP contribution in [0.3, 0.4) is 0 Å². The molecule has 0 bridgehead atoms. The smallest absolute Gasteiger partial charge is 0.243 e. The number of H-pyrrole nitrogens is 1. The molecular formula is C16H22N4O4S2. The molecule has 1 saturated heterocycles. The number of nitrogens with zero attached hydrogens (tertiary/aromatic N) is 2. The van der Waals surface area contributed by atoms with Gasteiger partial charge in [0.05, 0.1) is 28.7 Å². The average molecular weight is 399 g/mol. The molecule has 1 aromatic heterocycles. The summed E-state index contributed by atoms with van der Waals surface area (Å²) in [6, 6.07) is 6.77. The van der Waals surface area contributed by atoms with Crippen LogP contribution in [0.4, 0.5) is 5.69 Å². The summed E-state index contributed by atoms with van der Waals surface area (Å²) in [5, 5.41) is 6.74. The molecule has 0 saturated carbocycles. The minimum Gasteiger partial charge on any atom is -0.280 e. The summed E-state index contributed by atoms with van der Waals surface area (Å²) in [6.45, 7) is 2.62. The van der Waals surface area contributed by atoms with Crippen molar-refractivity contribution in [2.75, 3.05) is 24.1 Å². The van der Waals surface area contributed by atoms with Crippen LogP contribution in [0.1, 0.15) is 30.0 Å². The van der Waals surface area contributed by atoms with Crippen LogP contribution in [0.5, 0.6) is 0 Å². The molecule has 1 fully saturated rings. The molecule has 26 heavy (non-hydrogen) atoms. The molecule has 1 atom stereocenters. The van der Waals surface area contributed by atoms with Crippen molar-refractivity contribution >= 4 is 25.7 Å². The van der Waals surface area contributed by atoms with Gasteiger partial charge in [0.15, 0.2) is 0 Å². The largest absolute Gasteiger partial charge is 0.280 e. The third-order valence-electron chi connectivity index (χ3n) is 4.42. The maximum absolute atomic E-state index is 12.9. The van der Waals surface area contributed by atoms with E-state index in [2.05, 4.69) is 14.9 Å². The van der Waals surface area contributed by atoms with Crippen LogP contribution in [-0.4, -0.2) is 50.7 Å². The van der Waals surface area contributed by atoms with E-state index in [0.717, 1.165) is 18.2 Å². The fourth-order valence-electron chi connectivity index (χ4n) is 3.14. The monoisotopic (exact) mass is 398 g/mol. The van der Waals surface area contributed by atoms with E-state index in [4.69, 9.17) is 0 Å². The molecule has 0 spiro atoms. The van der Waals surface area contributed by atoms with Gasteiger partial charge in [0, 0.05) is 19.0 Å². The number of hydrogen-bond acceptors (Lipinski definition) is 5. The van der Waals surface area contributed by atoms with Crippen LogP contribution in [0, 0.1) is 6.92 Å². The van der Waals surface area contributed by atoms with Crippen LogP contribution in [0.2, 0.25) is 0 Å². The van der Waals surface area contributed by atoms with E-state index in [9.17, 15) is 16.8 Å². The lowest BCUT2D eigenvalue weighted by molar-refractivity contribution is 0.313. The highest BCUT2D eigenvalue weighted by atomic mass is 32.2. The maximum atomic E-state index is 12.9. The second kappa shape index (κ2) is 7.01. The Morgan fingerprint density at radius 1 is 1.19 bits per heavy atom. The first-order valence-electron chi connectivity index (χ1n) is 8.25.